The Bertz CT molecular complexity index is 743. The second-order valence-electron chi connectivity index (χ2n) is 7.11. The number of H-pyrrole nitrogens is 1. The highest BCUT2D eigenvalue weighted by atomic mass is 35.5. The maximum Gasteiger partial charge on any atom is 0.123 e. The van der Waals surface area contributed by atoms with Gasteiger partial charge < -0.3 is 4.74 Å². The van der Waals surface area contributed by atoms with Crippen molar-refractivity contribution in [3.05, 3.63) is 40.8 Å². The Morgan fingerprint density at radius 1 is 1.15 bits per heavy atom. The van der Waals surface area contributed by atoms with Gasteiger partial charge in [-0.2, -0.15) is 5.10 Å². The number of aromatic nitrogens is 2. The van der Waals surface area contributed by atoms with Crippen molar-refractivity contribution >= 4 is 23.7 Å². The summed E-state index contributed by atoms with van der Waals surface area (Å²) >= 11 is 8.34. The van der Waals surface area contributed by atoms with Crippen molar-refractivity contribution < 1.29 is 9.13 Å². The van der Waals surface area contributed by atoms with E-state index in [-0.39, 0.29) is 5.82 Å². The summed E-state index contributed by atoms with van der Waals surface area (Å²) < 4.78 is 24.5. The number of aromatic amines is 1. The molecule has 0 bridgehead atoms. The van der Waals surface area contributed by atoms with Crippen molar-refractivity contribution in [2.45, 2.75) is 37.6 Å². The summed E-state index contributed by atoms with van der Waals surface area (Å²) in [6, 6.07) is 6.81. The Balaban J connectivity index is 1.32. The lowest BCUT2D eigenvalue weighted by Crippen LogP contribution is -2.37. The van der Waals surface area contributed by atoms with Gasteiger partial charge in [-0.1, -0.05) is 11.6 Å². The van der Waals surface area contributed by atoms with Crippen LogP contribution in [0.15, 0.2) is 24.3 Å². The van der Waals surface area contributed by atoms with Gasteiger partial charge in [0.15, 0.2) is 0 Å². The van der Waals surface area contributed by atoms with Crippen LogP contribution in [0.25, 0.3) is 11.3 Å². The second-order valence-corrected chi connectivity index (χ2v) is 8.42. The van der Waals surface area contributed by atoms with Crippen molar-refractivity contribution in [2.75, 3.05) is 26.3 Å². The summed E-state index contributed by atoms with van der Waals surface area (Å²) in [6.45, 7) is 3.58. The maximum atomic E-state index is 13.1. The van der Waals surface area contributed by atoms with Crippen molar-refractivity contribution in [2.24, 2.45) is 0 Å². The summed E-state index contributed by atoms with van der Waals surface area (Å²) in [5.41, 5.74) is 2.55. The van der Waals surface area contributed by atoms with Gasteiger partial charge in [0.05, 0.1) is 23.9 Å². The number of benzene rings is 1. The number of rotatable bonds is 5. The minimum absolute atomic E-state index is 0.258. The van der Waals surface area contributed by atoms with Crippen molar-refractivity contribution in [1.29, 1.82) is 0 Å². The minimum Gasteiger partial charge on any atom is -0.379 e. The zero-order valence-corrected chi connectivity index (χ0v) is 16.7. The second kappa shape index (κ2) is 8.92. The summed E-state index contributed by atoms with van der Waals surface area (Å²) in [5, 5.41) is 8.19. The zero-order valence-electron chi connectivity index (χ0n) is 15.1. The molecule has 8 heteroatoms. The highest BCUT2D eigenvalue weighted by Gasteiger charge is 2.27. The molecule has 2 heterocycles. The number of hydrogen-bond donors (Lipinski definition) is 2. The average molecular weight is 411 g/mol. The largest absolute Gasteiger partial charge is 0.379 e. The molecule has 0 unspecified atom stereocenters. The molecule has 0 atom stereocenters. The monoisotopic (exact) mass is 410 g/mol. The molecule has 0 amide bonds. The van der Waals surface area contributed by atoms with Gasteiger partial charge in [-0.05, 0) is 49.9 Å². The van der Waals surface area contributed by atoms with Gasteiger partial charge in [-0.25, -0.2) is 13.4 Å². The van der Waals surface area contributed by atoms with E-state index < -0.39 is 0 Å². The number of hydrogen-bond acceptors (Lipinski definition) is 5. The molecule has 1 aliphatic heterocycles. The molecule has 2 N–H and O–H groups in total. The fourth-order valence-corrected chi connectivity index (χ4v) is 4.91. The number of morpholine rings is 1. The van der Waals surface area contributed by atoms with Gasteiger partial charge >= 0.3 is 0 Å². The molecule has 146 valence electrons. The molecule has 1 aromatic carbocycles. The third-order valence-electron chi connectivity index (χ3n) is 5.30. The number of halogens is 2. The summed E-state index contributed by atoms with van der Waals surface area (Å²) in [4.78, 5) is 0. The van der Waals surface area contributed by atoms with Crippen LogP contribution in [-0.2, 0) is 4.74 Å². The normalized spacial score (nSPS) is 24.2. The Labute approximate surface area is 168 Å². The van der Waals surface area contributed by atoms with E-state index in [1.54, 1.807) is 24.3 Å². The van der Waals surface area contributed by atoms with Crippen LogP contribution in [0.1, 0.15) is 37.3 Å². The molecule has 0 radical (unpaired) electrons. The van der Waals surface area contributed by atoms with E-state index in [2.05, 4.69) is 19.2 Å². The van der Waals surface area contributed by atoms with Gasteiger partial charge in [0.1, 0.15) is 11.5 Å². The van der Waals surface area contributed by atoms with E-state index in [9.17, 15) is 4.39 Å². The van der Waals surface area contributed by atoms with Crippen LogP contribution in [-0.4, -0.2) is 46.8 Å². The molecule has 2 fully saturated rings. The molecular formula is C19H24ClFN4OS. The molecule has 2 aliphatic rings. The molecule has 1 saturated heterocycles. The fraction of sp³-hybridized carbons (Fsp3) is 0.526. The first-order valence-electron chi connectivity index (χ1n) is 9.45. The lowest BCUT2D eigenvalue weighted by Gasteiger charge is -2.31. The molecule has 4 rings (SSSR count). The lowest BCUT2D eigenvalue weighted by atomic mass is 9.84. The summed E-state index contributed by atoms with van der Waals surface area (Å²) in [6.07, 6.45) is 4.38. The van der Waals surface area contributed by atoms with Gasteiger partial charge in [0.25, 0.3) is 0 Å². The molecule has 27 heavy (non-hydrogen) atoms. The molecule has 1 aliphatic carbocycles. The summed E-state index contributed by atoms with van der Waals surface area (Å²) in [5.74, 6) is 0.136. The number of nitrogens with zero attached hydrogens (tertiary/aromatic N) is 2. The third-order valence-corrected chi connectivity index (χ3v) is 6.75. The van der Waals surface area contributed by atoms with E-state index in [1.807, 2.05) is 0 Å². The third kappa shape index (κ3) is 4.66. The van der Waals surface area contributed by atoms with E-state index >= 15 is 0 Å². The molecule has 1 aromatic heterocycles. The van der Waals surface area contributed by atoms with Gasteiger partial charge in [-0.15, -0.1) is 0 Å². The van der Waals surface area contributed by atoms with E-state index in [4.69, 9.17) is 16.3 Å². The maximum absolute atomic E-state index is 13.1. The Morgan fingerprint density at radius 2 is 1.85 bits per heavy atom. The van der Waals surface area contributed by atoms with E-state index in [0.717, 1.165) is 63.2 Å². The molecule has 0 spiro atoms. The predicted molar refractivity (Wildman–Crippen MR) is 107 cm³/mol. The van der Waals surface area contributed by atoms with Crippen LogP contribution in [0.4, 0.5) is 4.39 Å². The van der Waals surface area contributed by atoms with Crippen LogP contribution < -0.4 is 4.72 Å². The molecule has 5 nitrogen and oxygen atoms in total. The standard InChI is InChI=1S/C19H24ClFN4OS/c20-17-18(13-1-5-15(21)6-2-13)22-23-19(17)14-3-7-16(8-4-14)24-27-25-9-11-26-12-10-25/h1-2,5-6,14,16,24H,3-4,7-12H2,(H,22,23). The van der Waals surface area contributed by atoms with E-state index in [1.165, 1.54) is 12.1 Å². The van der Waals surface area contributed by atoms with Crippen LogP contribution in [0.5, 0.6) is 0 Å². The number of ether oxygens (including phenoxy) is 1. The first-order chi connectivity index (χ1) is 13.2. The molecule has 2 aromatic rings. The average Bonchev–Trinajstić information content (AvgIpc) is 3.09. The van der Waals surface area contributed by atoms with Crippen LogP contribution >= 0.6 is 23.7 Å². The minimum atomic E-state index is -0.258. The van der Waals surface area contributed by atoms with Crippen molar-refractivity contribution in [1.82, 2.24) is 19.2 Å². The summed E-state index contributed by atoms with van der Waals surface area (Å²) in [7, 11) is 0. The SMILES string of the molecule is Fc1ccc(-c2n[nH]c(C3CCC(NSN4CCOCC4)CC3)c2Cl)cc1. The molecule has 1 saturated carbocycles. The lowest BCUT2D eigenvalue weighted by molar-refractivity contribution is 0.0768. The van der Waals surface area contributed by atoms with Crippen molar-refractivity contribution in [3.8, 4) is 11.3 Å². The zero-order chi connectivity index (χ0) is 18.6. The highest BCUT2D eigenvalue weighted by Crippen LogP contribution is 2.39. The van der Waals surface area contributed by atoms with Crippen LogP contribution in [0, 0.1) is 5.82 Å². The Hall–Kier alpha value is -1.12. The van der Waals surface area contributed by atoms with Crippen LogP contribution in [0.3, 0.4) is 0 Å². The smallest absolute Gasteiger partial charge is 0.123 e. The fourth-order valence-electron chi connectivity index (χ4n) is 3.70. The Morgan fingerprint density at radius 3 is 2.56 bits per heavy atom. The van der Waals surface area contributed by atoms with Gasteiger partial charge in [0, 0.05) is 42.7 Å². The molecular weight excluding hydrogens is 387 g/mol. The number of nitrogens with one attached hydrogen (secondary N) is 2. The predicted octanol–water partition coefficient (Wildman–Crippen LogP) is 4.38. The van der Waals surface area contributed by atoms with Gasteiger partial charge in [-0.3, -0.25) is 5.10 Å². The van der Waals surface area contributed by atoms with Gasteiger partial charge in [0.2, 0.25) is 0 Å². The highest BCUT2D eigenvalue weighted by molar-refractivity contribution is 7.95. The van der Waals surface area contributed by atoms with E-state index in [0.29, 0.717) is 22.7 Å². The first kappa shape index (κ1) is 19.2. The topological polar surface area (TPSA) is 53.2 Å². The quantitative estimate of drug-likeness (QED) is 0.716. The van der Waals surface area contributed by atoms with Crippen LogP contribution in [0.2, 0.25) is 5.02 Å². The first-order valence-corrected chi connectivity index (χ1v) is 10.6. The Kier molecular flexibility index (Phi) is 6.35. The van der Waals surface area contributed by atoms with Crippen molar-refractivity contribution in [3.63, 3.8) is 0 Å².